The van der Waals surface area contributed by atoms with Gasteiger partial charge in [0.05, 0.1) is 12.5 Å². The van der Waals surface area contributed by atoms with Crippen molar-refractivity contribution in [2.75, 3.05) is 0 Å². The highest BCUT2D eigenvalue weighted by molar-refractivity contribution is 5.76. The lowest BCUT2D eigenvalue weighted by atomic mass is 10.0. The van der Waals surface area contributed by atoms with Gasteiger partial charge in [-0.25, -0.2) is 9.78 Å². The molecule has 0 aliphatic rings. The number of amides is 2. The van der Waals surface area contributed by atoms with Crippen LogP contribution in [0.4, 0.5) is 4.79 Å². The molecular formula is C13H22N4O3. The predicted molar refractivity (Wildman–Crippen MR) is 74.2 cm³/mol. The number of carboxylic acids is 1. The molecule has 0 aliphatic carbocycles. The minimum Gasteiger partial charge on any atom is -0.481 e. The molecule has 0 aromatic carbocycles. The van der Waals surface area contributed by atoms with Crippen LogP contribution in [-0.2, 0) is 4.79 Å². The van der Waals surface area contributed by atoms with Crippen LogP contribution in [0, 0.1) is 5.92 Å². The van der Waals surface area contributed by atoms with Crippen LogP contribution in [0.15, 0.2) is 12.4 Å². The summed E-state index contributed by atoms with van der Waals surface area (Å²) in [6, 6.07) is -1.00. The molecule has 0 saturated carbocycles. The van der Waals surface area contributed by atoms with E-state index in [1.54, 1.807) is 12.4 Å². The van der Waals surface area contributed by atoms with Crippen LogP contribution < -0.4 is 10.6 Å². The van der Waals surface area contributed by atoms with E-state index in [1.165, 1.54) is 0 Å². The van der Waals surface area contributed by atoms with Gasteiger partial charge in [0.25, 0.3) is 0 Å². The minimum absolute atomic E-state index is 0.0422. The number of nitrogens with one attached hydrogen (secondary N) is 3. The van der Waals surface area contributed by atoms with E-state index in [9.17, 15) is 9.59 Å². The fourth-order valence-electron chi connectivity index (χ4n) is 1.84. The lowest BCUT2D eigenvalue weighted by molar-refractivity contribution is -0.137. The van der Waals surface area contributed by atoms with E-state index in [2.05, 4.69) is 20.6 Å². The van der Waals surface area contributed by atoms with Gasteiger partial charge in [0, 0.05) is 18.4 Å². The van der Waals surface area contributed by atoms with Crippen molar-refractivity contribution >= 4 is 12.0 Å². The molecule has 7 heteroatoms. The number of carboxylic acid groups (broad SMARTS) is 1. The Morgan fingerprint density at radius 2 is 2.10 bits per heavy atom. The van der Waals surface area contributed by atoms with Gasteiger partial charge in [-0.3, -0.25) is 4.79 Å². The van der Waals surface area contributed by atoms with Crippen molar-refractivity contribution in [1.29, 1.82) is 0 Å². The number of nitrogens with zero attached hydrogens (tertiary/aromatic N) is 1. The van der Waals surface area contributed by atoms with Crippen molar-refractivity contribution in [2.45, 2.75) is 45.7 Å². The fraction of sp³-hybridized carbons (Fsp3) is 0.615. The highest BCUT2D eigenvalue weighted by atomic mass is 16.4. The highest BCUT2D eigenvalue weighted by Crippen LogP contribution is 2.11. The second-order valence-electron chi connectivity index (χ2n) is 5.00. The maximum absolute atomic E-state index is 11.9. The van der Waals surface area contributed by atoms with Gasteiger partial charge >= 0.3 is 12.0 Å². The molecular weight excluding hydrogens is 260 g/mol. The molecule has 0 saturated heterocycles. The zero-order valence-corrected chi connectivity index (χ0v) is 12.0. The molecule has 4 N–H and O–H groups in total. The third-order valence-corrected chi connectivity index (χ3v) is 3.08. The third kappa shape index (κ3) is 4.91. The van der Waals surface area contributed by atoms with Crippen molar-refractivity contribution in [3.05, 3.63) is 18.2 Å². The molecule has 1 heterocycles. The average molecular weight is 282 g/mol. The van der Waals surface area contributed by atoms with Crippen molar-refractivity contribution < 1.29 is 14.7 Å². The number of imidazole rings is 1. The van der Waals surface area contributed by atoms with Crippen molar-refractivity contribution in [3.8, 4) is 0 Å². The van der Waals surface area contributed by atoms with Gasteiger partial charge in [-0.05, 0) is 12.3 Å². The number of urea groups is 1. The van der Waals surface area contributed by atoms with E-state index in [0.717, 1.165) is 0 Å². The number of aromatic amines is 1. The maximum atomic E-state index is 11.9. The summed E-state index contributed by atoms with van der Waals surface area (Å²) in [6.07, 6.45) is 3.91. The number of carbonyl (C=O) groups excluding carboxylic acids is 1. The van der Waals surface area contributed by atoms with Crippen LogP contribution in [0.1, 0.15) is 45.5 Å². The SMILES string of the molecule is CCC(NC(=O)NC(CC(=O)O)C(C)C)c1ncc[nH]1. The van der Waals surface area contributed by atoms with E-state index in [1.807, 2.05) is 20.8 Å². The van der Waals surface area contributed by atoms with Crippen LogP contribution in [0.2, 0.25) is 0 Å². The van der Waals surface area contributed by atoms with Crippen LogP contribution in [0.25, 0.3) is 0 Å². The van der Waals surface area contributed by atoms with Crippen LogP contribution in [0.5, 0.6) is 0 Å². The first-order valence-corrected chi connectivity index (χ1v) is 6.72. The van der Waals surface area contributed by atoms with Crippen molar-refractivity contribution in [3.63, 3.8) is 0 Å². The monoisotopic (exact) mass is 282 g/mol. The van der Waals surface area contributed by atoms with Gasteiger partial charge in [0.2, 0.25) is 0 Å². The summed E-state index contributed by atoms with van der Waals surface area (Å²) in [6.45, 7) is 5.68. The van der Waals surface area contributed by atoms with Crippen LogP contribution in [0.3, 0.4) is 0 Å². The quantitative estimate of drug-likeness (QED) is 0.610. The largest absolute Gasteiger partial charge is 0.481 e. The number of H-pyrrole nitrogens is 1. The summed E-state index contributed by atoms with van der Waals surface area (Å²) < 4.78 is 0. The molecule has 0 aliphatic heterocycles. The Balaban J connectivity index is 2.58. The molecule has 2 atom stereocenters. The van der Waals surface area contributed by atoms with Gasteiger partial charge < -0.3 is 20.7 Å². The summed E-state index contributed by atoms with van der Waals surface area (Å²) in [4.78, 5) is 29.8. The standard InChI is InChI=1S/C13H22N4O3/c1-4-9(12-14-5-6-15-12)16-13(20)17-10(8(2)3)7-11(18)19/h5-6,8-10H,4,7H2,1-3H3,(H,14,15)(H,18,19)(H2,16,17,20). The Morgan fingerprint density at radius 1 is 1.40 bits per heavy atom. The van der Waals surface area contributed by atoms with Gasteiger partial charge in [0.1, 0.15) is 5.82 Å². The topological polar surface area (TPSA) is 107 Å². The predicted octanol–water partition coefficient (Wildman–Crippen LogP) is 1.66. The number of hydrogen-bond acceptors (Lipinski definition) is 3. The Morgan fingerprint density at radius 3 is 2.55 bits per heavy atom. The lowest BCUT2D eigenvalue weighted by Gasteiger charge is -2.23. The first-order chi connectivity index (χ1) is 9.43. The summed E-state index contributed by atoms with van der Waals surface area (Å²) in [5.74, 6) is -0.204. The first-order valence-electron chi connectivity index (χ1n) is 6.72. The van der Waals surface area contributed by atoms with Crippen LogP contribution >= 0.6 is 0 Å². The van der Waals surface area contributed by atoms with Crippen LogP contribution in [-0.4, -0.2) is 33.1 Å². The second-order valence-corrected chi connectivity index (χ2v) is 5.00. The highest BCUT2D eigenvalue weighted by Gasteiger charge is 2.21. The van der Waals surface area contributed by atoms with Gasteiger partial charge in [0.15, 0.2) is 0 Å². The number of aromatic nitrogens is 2. The minimum atomic E-state index is -0.929. The molecule has 0 fully saturated rings. The third-order valence-electron chi connectivity index (χ3n) is 3.08. The summed E-state index contributed by atoms with van der Waals surface area (Å²) >= 11 is 0. The number of hydrogen-bond donors (Lipinski definition) is 4. The second kappa shape index (κ2) is 7.52. The Hall–Kier alpha value is -2.05. The zero-order valence-electron chi connectivity index (χ0n) is 12.0. The number of rotatable bonds is 7. The molecule has 1 aromatic heterocycles. The summed E-state index contributed by atoms with van der Waals surface area (Å²) in [7, 11) is 0. The molecule has 20 heavy (non-hydrogen) atoms. The molecule has 1 rings (SSSR count). The normalized spacial score (nSPS) is 13.8. The molecule has 7 nitrogen and oxygen atoms in total. The average Bonchev–Trinajstić information content (AvgIpc) is 2.88. The van der Waals surface area contributed by atoms with Gasteiger partial charge in [-0.1, -0.05) is 20.8 Å². The molecule has 112 valence electrons. The van der Waals surface area contributed by atoms with Crippen molar-refractivity contribution in [1.82, 2.24) is 20.6 Å². The van der Waals surface area contributed by atoms with E-state index in [4.69, 9.17) is 5.11 Å². The van der Waals surface area contributed by atoms with Crippen molar-refractivity contribution in [2.24, 2.45) is 5.92 Å². The van der Waals surface area contributed by atoms with Gasteiger partial charge in [-0.2, -0.15) is 0 Å². The molecule has 2 unspecified atom stereocenters. The molecule has 0 bridgehead atoms. The van der Waals surface area contributed by atoms with E-state index in [-0.39, 0.29) is 24.4 Å². The Labute approximate surface area is 118 Å². The van der Waals surface area contributed by atoms with E-state index < -0.39 is 12.0 Å². The van der Waals surface area contributed by atoms with Gasteiger partial charge in [-0.15, -0.1) is 0 Å². The first kappa shape index (κ1) is 16.0. The number of aliphatic carboxylic acids is 1. The summed E-state index contributed by atoms with van der Waals surface area (Å²) in [5.41, 5.74) is 0. The molecule has 0 spiro atoms. The lowest BCUT2D eigenvalue weighted by Crippen LogP contribution is -2.46. The zero-order chi connectivity index (χ0) is 15.1. The fourth-order valence-corrected chi connectivity index (χ4v) is 1.84. The smallest absolute Gasteiger partial charge is 0.315 e. The molecule has 2 amide bonds. The molecule has 1 aromatic rings. The summed E-state index contributed by atoms with van der Waals surface area (Å²) in [5, 5.41) is 14.3. The molecule has 0 radical (unpaired) electrons. The Bertz CT molecular complexity index is 431. The van der Waals surface area contributed by atoms with E-state index >= 15 is 0 Å². The van der Waals surface area contributed by atoms with E-state index in [0.29, 0.717) is 12.2 Å². The Kier molecular flexibility index (Phi) is 6.02. The maximum Gasteiger partial charge on any atom is 0.315 e. The number of carbonyl (C=O) groups is 2.